The van der Waals surface area contributed by atoms with Crippen LogP contribution in [0.1, 0.15) is 30.1 Å². The molecule has 10 N–H and O–H groups in total. The van der Waals surface area contributed by atoms with Crippen LogP contribution in [0.25, 0.3) is 0 Å². The second kappa shape index (κ2) is 11.3. The lowest BCUT2D eigenvalue weighted by Crippen LogP contribution is -2.69. The lowest BCUT2D eigenvalue weighted by Gasteiger charge is -2.46. The van der Waals surface area contributed by atoms with Gasteiger partial charge in [0.1, 0.15) is 24.4 Å². The van der Waals surface area contributed by atoms with Crippen LogP contribution < -0.4 is 28.7 Å². The fraction of sp³-hybridized carbons (Fsp3) is 0.619. The SMILES string of the molecule is CC(=O)O[C@@H]1C[C@H](N)C[C@H](N)[C@H]1O[C@H]1O[C@H](CN)[C@H](OC(=O)c2ccc([N+](=O)[O-])cc2)[C@H](N)[C@H]1N. The normalized spacial score (nSPS) is 35.2. The smallest absolute Gasteiger partial charge is 0.338 e. The quantitative estimate of drug-likeness (QED) is 0.159. The number of hydrogen-bond acceptors (Lipinski definition) is 13. The minimum Gasteiger partial charge on any atom is -0.460 e. The summed E-state index contributed by atoms with van der Waals surface area (Å²) < 4.78 is 22.8. The van der Waals surface area contributed by atoms with Gasteiger partial charge in [0, 0.05) is 44.1 Å². The first kappa shape index (κ1) is 26.9. The molecule has 9 atom stereocenters. The van der Waals surface area contributed by atoms with Gasteiger partial charge in [-0.15, -0.1) is 0 Å². The number of nitrogens with two attached hydrogens (primary N) is 5. The summed E-state index contributed by atoms with van der Waals surface area (Å²) in [6.07, 6.45) is -3.63. The zero-order valence-electron chi connectivity index (χ0n) is 19.2. The van der Waals surface area contributed by atoms with Crippen LogP contribution in [0.3, 0.4) is 0 Å². The van der Waals surface area contributed by atoms with Crippen molar-refractivity contribution >= 4 is 17.6 Å². The Labute approximate surface area is 201 Å². The summed E-state index contributed by atoms with van der Waals surface area (Å²) in [7, 11) is 0. The molecule has 2 aliphatic rings. The maximum Gasteiger partial charge on any atom is 0.338 e. The average Bonchev–Trinajstić information content (AvgIpc) is 2.80. The van der Waals surface area contributed by atoms with E-state index in [0.717, 1.165) is 0 Å². The van der Waals surface area contributed by atoms with Gasteiger partial charge in [0.05, 0.1) is 22.6 Å². The summed E-state index contributed by atoms with van der Waals surface area (Å²) in [5.74, 6) is -1.28. The van der Waals surface area contributed by atoms with Crippen molar-refractivity contribution in [2.45, 2.75) is 74.6 Å². The van der Waals surface area contributed by atoms with Crippen molar-refractivity contribution in [1.82, 2.24) is 0 Å². The molecule has 1 aromatic carbocycles. The molecule has 1 heterocycles. The molecule has 2 fully saturated rings. The Morgan fingerprint density at radius 2 is 1.71 bits per heavy atom. The van der Waals surface area contributed by atoms with E-state index in [-0.39, 0.29) is 23.8 Å². The monoisotopic (exact) mass is 496 g/mol. The lowest BCUT2D eigenvalue weighted by atomic mass is 9.86. The molecule has 3 rings (SSSR count). The summed E-state index contributed by atoms with van der Waals surface area (Å²) in [6, 6.07) is 2.20. The second-order valence-corrected chi connectivity index (χ2v) is 8.75. The number of esters is 2. The van der Waals surface area contributed by atoms with E-state index in [2.05, 4.69) is 0 Å². The van der Waals surface area contributed by atoms with E-state index in [9.17, 15) is 19.7 Å². The highest BCUT2D eigenvalue weighted by molar-refractivity contribution is 5.89. The van der Waals surface area contributed by atoms with Crippen LogP contribution in [0.2, 0.25) is 0 Å². The number of hydrogen-bond donors (Lipinski definition) is 5. The molecule has 0 amide bonds. The number of benzene rings is 1. The number of nitro groups is 1. The Kier molecular flexibility index (Phi) is 8.71. The third-order valence-electron chi connectivity index (χ3n) is 6.11. The molecule has 1 saturated carbocycles. The van der Waals surface area contributed by atoms with Crippen LogP contribution in [-0.4, -0.2) is 78.3 Å². The predicted octanol–water partition coefficient (Wildman–Crippen LogP) is -1.78. The summed E-state index contributed by atoms with van der Waals surface area (Å²) in [5, 5.41) is 10.8. The van der Waals surface area contributed by atoms with E-state index in [1.165, 1.54) is 31.2 Å². The molecule has 0 radical (unpaired) electrons. The van der Waals surface area contributed by atoms with E-state index >= 15 is 0 Å². The highest BCUT2D eigenvalue weighted by Gasteiger charge is 2.48. The molecular weight excluding hydrogens is 464 g/mol. The van der Waals surface area contributed by atoms with Gasteiger partial charge in [-0.25, -0.2) is 4.79 Å². The molecule has 0 aromatic heterocycles. The number of nitrogens with zero attached hydrogens (tertiary/aromatic N) is 1. The van der Waals surface area contributed by atoms with Crippen molar-refractivity contribution in [2.75, 3.05) is 6.54 Å². The number of ether oxygens (including phenoxy) is 4. The van der Waals surface area contributed by atoms with E-state index in [0.29, 0.717) is 12.8 Å². The van der Waals surface area contributed by atoms with Crippen molar-refractivity contribution in [3.63, 3.8) is 0 Å². The first-order valence-electron chi connectivity index (χ1n) is 11.2. The summed E-state index contributed by atoms with van der Waals surface area (Å²) in [6.45, 7) is 1.20. The van der Waals surface area contributed by atoms with Gasteiger partial charge in [-0.3, -0.25) is 14.9 Å². The Hall–Kier alpha value is -2.72. The molecule has 14 nitrogen and oxygen atoms in total. The fourth-order valence-electron chi connectivity index (χ4n) is 4.33. The number of carbonyl (C=O) groups is 2. The highest BCUT2D eigenvalue weighted by Crippen LogP contribution is 2.29. The number of nitro benzene ring substituents is 1. The average molecular weight is 497 g/mol. The van der Waals surface area contributed by atoms with Crippen LogP contribution in [0.4, 0.5) is 5.69 Å². The van der Waals surface area contributed by atoms with E-state index in [1.54, 1.807) is 0 Å². The van der Waals surface area contributed by atoms with Gasteiger partial charge in [0.25, 0.3) is 5.69 Å². The number of rotatable bonds is 7. The van der Waals surface area contributed by atoms with Gasteiger partial charge in [-0.2, -0.15) is 0 Å². The maximum absolute atomic E-state index is 12.6. The molecule has 1 aromatic rings. The molecule has 0 spiro atoms. The van der Waals surface area contributed by atoms with Crippen LogP contribution in [0.15, 0.2) is 24.3 Å². The Bertz CT molecular complexity index is 916. The lowest BCUT2D eigenvalue weighted by molar-refractivity contribution is -0.384. The zero-order valence-corrected chi connectivity index (χ0v) is 19.2. The number of non-ortho nitro benzene ring substituents is 1. The Morgan fingerprint density at radius 3 is 2.29 bits per heavy atom. The van der Waals surface area contributed by atoms with Gasteiger partial charge < -0.3 is 47.6 Å². The molecule has 0 bridgehead atoms. The minimum absolute atomic E-state index is 0.0759. The van der Waals surface area contributed by atoms with Crippen LogP contribution >= 0.6 is 0 Å². The number of carbonyl (C=O) groups excluding carboxylic acids is 2. The van der Waals surface area contributed by atoms with Gasteiger partial charge in [0.15, 0.2) is 6.29 Å². The summed E-state index contributed by atoms with van der Waals surface area (Å²) in [5.41, 5.74) is 30.6. The second-order valence-electron chi connectivity index (χ2n) is 8.75. The first-order chi connectivity index (χ1) is 16.5. The summed E-state index contributed by atoms with van der Waals surface area (Å²) in [4.78, 5) is 34.4. The molecule has 0 unspecified atom stereocenters. The molecule has 35 heavy (non-hydrogen) atoms. The molecule has 14 heteroatoms. The van der Waals surface area contributed by atoms with E-state index in [1.807, 2.05) is 0 Å². The third-order valence-corrected chi connectivity index (χ3v) is 6.11. The van der Waals surface area contributed by atoms with Gasteiger partial charge in [-0.05, 0) is 18.6 Å². The zero-order chi connectivity index (χ0) is 25.9. The van der Waals surface area contributed by atoms with Gasteiger partial charge in [-0.1, -0.05) is 0 Å². The van der Waals surface area contributed by atoms with Crippen molar-refractivity contribution in [3.05, 3.63) is 39.9 Å². The van der Waals surface area contributed by atoms with E-state index < -0.39 is 65.7 Å². The molecular formula is C21H32N6O8. The maximum atomic E-state index is 12.6. The van der Waals surface area contributed by atoms with Gasteiger partial charge in [0.2, 0.25) is 0 Å². The van der Waals surface area contributed by atoms with Crippen molar-refractivity contribution in [3.8, 4) is 0 Å². The largest absolute Gasteiger partial charge is 0.460 e. The van der Waals surface area contributed by atoms with Crippen molar-refractivity contribution < 1.29 is 33.5 Å². The molecule has 1 saturated heterocycles. The first-order valence-corrected chi connectivity index (χ1v) is 11.2. The van der Waals surface area contributed by atoms with Crippen LogP contribution in [0, 0.1) is 10.1 Å². The topological polar surface area (TPSA) is 244 Å². The minimum atomic E-state index is -1.07. The fourth-order valence-corrected chi connectivity index (χ4v) is 4.33. The Morgan fingerprint density at radius 1 is 1.06 bits per heavy atom. The van der Waals surface area contributed by atoms with Crippen molar-refractivity contribution in [1.29, 1.82) is 0 Å². The van der Waals surface area contributed by atoms with E-state index in [4.69, 9.17) is 47.6 Å². The van der Waals surface area contributed by atoms with Crippen molar-refractivity contribution in [2.24, 2.45) is 28.7 Å². The highest BCUT2D eigenvalue weighted by atomic mass is 16.7. The van der Waals surface area contributed by atoms with Gasteiger partial charge >= 0.3 is 11.9 Å². The predicted molar refractivity (Wildman–Crippen MR) is 122 cm³/mol. The molecule has 1 aliphatic carbocycles. The standard InChI is InChI=1S/C21H32N6O8/c1-9(28)32-14-7-11(23)6-13(24)18(14)35-21-17(26)16(25)19(15(8-22)33-21)34-20(29)10-2-4-12(5-3-10)27(30)31/h2-5,11,13-19,21H,6-8,22-26H2,1H3/t11-,13+,14-,15-,16-,17-,18-,19+,21-/m1/s1. The summed E-state index contributed by atoms with van der Waals surface area (Å²) >= 11 is 0. The molecule has 1 aliphatic heterocycles. The third kappa shape index (κ3) is 6.29. The van der Waals surface area contributed by atoms with Crippen LogP contribution in [0.5, 0.6) is 0 Å². The Balaban J connectivity index is 1.71. The van der Waals surface area contributed by atoms with Crippen LogP contribution in [-0.2, 0) is 23.7 Å². The molecule has 194 valence electrons.